The van der Waals surface area contributed by atoms with Crippen LogP contribution in [0.15, 0.2) is 36.7 Å². The van der Waals surface area contributed by atoms with Crippen molar-refractivity contribution in [3.05, 3.63) is 58.4 Å². The summed E-state index contributed by atoms with van der Waals surface area (Å²) < 4.78 is 0. The average molecular weight is 339 g/mol. The van der Waals surface area contributed by atoms with E-state index < -0.39 is 0 Å². The summed E-state index contributed by atoms with van der Waals surface area (Å²) in [6.45, 7) is 5.94. The minimum Gasteiger partial charge on any atom is -0.266 e. The summed E-state index contributed by atoms with van der Waals surface area (Å²) in [6, 6.07) is 7.91. The van der Waals surface area contributed by atoms with E-state index >= 15 is 0 Å². The Hall–Kier alpha value is -2.80. The second kappa shape index (κ2) is 6.76. The lowest BCUT2D eigenvalue weighted by Crippen LogP contribution is -2.30. The molecule has 2 N–H and O–H groups in total. The van der Waals surface area contributed by atoms with E-state index in [2.05, 4.69) is 38.8 Å². The standard InChI is InChI=1S/C17H17N5OS/c1-10-5-6-13(11(2)9-10)16-20-12(3)14(24-16)15(23)21-22-17-18-7-4-8-19-17/h4-9H,1-3H3,(H,21,23)(H,18,19,22). The molecule has 0 unspecified atom stereocenters. The molecule has 24 heavy (non-hydrogen) atoms. The molecular formula is C17H17N5OS. The fourth-order valence-electron chi connectivity index (χ4n) is 2.31. The van der Waals surface area contributed by atoms with Gasteiger partial charge in [-0.25, -0.2) is 15.0 Å². The quantitative estimate of drug-likeness (QED) is 0.713. The van der Waals surface area contributed by atoms with Crippen molar-refractivity contribution in [2.75, 3.05) is 5.43 Å². The summed E-state index contributed by atoms with van der Waals surface area (Å²) in [7, 11) is 0. The molecule has 6 nitrogen and oxygen atoms in total. The van der Waals surface area contributed by atoms with Crippen molar-refractivity contribution >= 4 is 23.2 Å². The molecule has 1 amide bonds. The molecule has 0 atom stereocenters. The molecular weight excluding hydrogens is 322 g/mol. The number of thiazole rings is 1. The number of benzene rings is 1. The molecule has 1 aromatic carbocycles. The first-order valence-electron chi connectivity index (χ1n) is 7.43. The van der Waals surface area contributed by atoms with E-state index in [0.717, 1.165) is 16.1 Å². The van der Waals surface area contributed by atoms with E-state index in [0.29, 0.717) is 16.5 Å². The van der Waals surface area contributed by atoms with Gasteiger partial charge in [0, 0.05) is 18.0 Å². The zero-order valence-electron chi connectivity index (χ0n) is 13.6. The van der Waals surface area contributed by atoms with Crippen LogP contribution in [0.2, 0.25) is 0 Å². The first kappa shape index (κ1) is 16.1. The number of hydrogen-bond acceptors (Lipinski definition) is 6. The van der Waals surface area contributed by atoms with Crippen LogP contribution >= 0.6 is 11.3 Å². The van der Waals surface area contributed by atoms with Crippen LogP contribution in [-0.2, 0) is 0 Å². The molecule has 0 aliphatic rings. The zero-order valence-corrected chi connectivity index (χ0v) is 14.4. The van der Waals surface area contributed by atoms with Gasteiger partial charge in [0.05, 0.1) is 5.69 Å². The normalized spacial score (nSPS) is 10.5. The Labute approximate surface area is 144 Å². The van der Waals surface area contributed by atoms with E-state index in [1.54, 1.807) is 18.5 Å². The summed E-state index contributed by atoms with van der Waals surface area (Å²) in [5.74, 6) is 0.0797. The number of nitrogens with zero attached hydrogens (tertiary/aromatic N) is 3. The topological polar surface area (TPSA) is 79.8 Å². The lowest BCUT2D eigenvalue weighted by molar-refractivity contribution is 0.0965. The van der Waals surface area contributed by atoms with E-state index in [4.69, 9.17) is 0 Å². The molecule has 0 bridgehead atoms. The Morgan fingerprint density at radius 2 is 1.88 bits per heavy atom. The van der Waals surface area contributed by atoms with Gasteiger partial charge in [-0.3, -0.25) is 15.6 Å². The van der Waals surface area contributed by atoms with Crippen LogP contribution in [0.25, 0.3) is 10.6 Å². The Morgan fingerprint density at radius 1 is 1.12 bits per heavy atom. The number of nitrogens with one attached hydrogen (secondary N) is 2. The van der Waals surface area contributed by atoms with Crippen LogP contribution in [0, 0.1) is 20.8 Å². The van der Waals surface area contributed by atoms with Crippen LogP contribution in [0.5, 0.6) is 0 Å². The smallest absolute Gasteiger partial charge is 0.266 e. The molecule has 0 spiro atoms. The Balaban J connectivity index is 1.79. The fourth-order valence-corrected chi connectivity index (χ4v) is 3.36. The minimum atomic E-state index is -0.256. The van der Waals surface area contributed by atoms with Gasteiger partial charge in [-0.2, -0.15) is 0 Å². The summed E-state index contributed by atoms with van der Waals surface area (Å²) in [5.41, 5.74) is 9.39. The van der Waals surface area contributed by atoms with Gasteiger partial charge in [0.1, 0.15) is 9.88 Å². The van der Waals surface area contributed by atoms with Gasteiger partial charge in [0.2, 0.25) is 5.95 Å². The number of carbonyl (C=O) groups is 1. The maximum Gasteiger partial charge on any atom is 0.281 e. The largest absolute Gasteiger partial charge is 0.281 e. The number of anilines is 1. The summed E-state index contributed by atoms with van der Waals surface area (Å²) in [6.07, 6.45) is 3.19. The van der Waals surface area contributed by atoms with Crippen LogP contribution in [0.4, 0.5) is 5.95 Å². The SMILES string of the molecule is Cc1ccc(-c2nc(C)c(C(=O)NNc3ncccn3)s2)c(C)c1. The van der Waals surface area contributed by atoms with E-state index in [-0.39, 0.29) is 5.91 Å². The molecule has 0 saturated carbocycles. The summed E-state index contributed by atoms with van der Waals surface area (Å²) >= 11 is 1.37. The van der Waals surface area contributed by atoms with Gasteiger partial charge >= 0.3 is 0 Å². The number of aromatic nitrogens is 3. The number of amides is 1. The lowest BCUT2D eigenvalue weighted by atomic mass is 10.1. The highest BCUT2D eigenvalue weighted by Gasteiger charge is 2.17. The van der Waals surface area contributed by atoms with E-state index in [1.165, 1.54) is 16.9 Å². The predicted octanol–water partition coefficient (Wildman–Crippen LogP) is 3.28. The van der Waals surface area contributed by atoms with Crippen molar-refractivity contribution in [1.29, 1.82) is 0 Å². The highest BCUT2D eigenvalue weighted by atomic mass is 32.1. The Bertz CT molecular complexity index is 876. The summed E-state index contributed by atoms with van der Waals surface area (Å²) in [5, 5.41) is 0.839. The van der Waals surface area contributed by atoms with Crippen molar-refractivity contribution in [2.45, 2.75) is 20.8 Å². The van der Waals surface area contributed by atoms with Gasteiger partial charge < -0.3 is 0 Å². The van der Waals surface area contributed by atoms with Gasteiger partial charge in [0.25, 0.3) is 5.91 Å². The van der Waals surface area contributed by atoms with Crippen molar-refractivity contribution in [1.82, 2.24) is 20.4 Å². The highest BCUT2D eigenvalue weighted by Crippen LogP contribution is 2.30. The maximum atomic E-state index is 12.4. The van der Waals surface area contributed by atoms with Crippen molar-refractivity contribution in [3.8, 4) is 10.6 Å². The second-order valence-electron chi connectivity index (χ2n) is 5.40. The highest BCUT2D eigenvalue weighted by molar-refractivity contribution is 7.17. The zero-order chi connectivity index (χ0) is 17.1. The molecule has 2 heterocycles. The summed E-state index contributed by atoms with van der Waals surface area (Å²) in [4.78, 5) is 25.5. The monoisotopic (exact) mass is 339 g/mol. The van der Waals surface area contributed by atoms with Gasteiger partial charge in [0.15, 0.2) is 0 Å². The number of aryl methyl sites for hydroxylation is 3. The van der Waals surface area contributed by atoms with Crippen LogP contribution in [0.3, 0.4) is 0 Å². The Kier molecular flexibility index (Phi) is 4.52. The lowest BCUT2D eigenvalue weighted by Gasteiger charge is -2.05. The fraction of sp³-hybridized carbons (Fsp3) is 0.176. The van der Waals surface area contributed by atoms with Gasteiger partial charge in [-0.1, -0.05) is 23.8 Å². The van der Waals surface area contributed by atoms with Crippen LogP contribution in [0.1, 0.15) is 26.5 Å². The molecule has 3 aromatic rings. The number of rotatable bonds is 4. The van der Waals surface area contributed by atoms with Gasteiger partial charge in [-0.05, 0) is 32.4 Å². The molecule has 2 aromatic heterocycles. The molecule has 0 saturated heterocycles. The molecule has 7 heteroatoms. The maximum absolute atomic E-state index is 12.4. The van der Waals surface area contributed by atoms with Crippen molar-refractivity contribution < 1.29 is 4.79 Å². The van der Waals surface area contributed by atoms with Crippen molar-refractivity contribution in [2.24, 2.45) is 0 Å². The van der Waals surface area contributed by atoms with E-state index in [1.807, 2.05) is 26.0 Å². The average Bonchev–Trinajstić information content (AvgIpc) is 2.95. The predicted molar refractivity (Wildman–Crippen MR) is 94.9 cm³/mol. The second-order valence-corrected chi connectivity index (χ2v) is 6.40. The van der Waals surface area contributed by atoms with Crippen LogP contribution < -0.4 is 10.9 Å². The third-order valence-corrected chi connectivity index (χ3v) is 4.66. The molecule has 0 aliphatic heterocycles. The third kappa shape index (κ3) is 3.41. The molecule has 3 rings (SSSR count). The first-order chi connectivity index (χ1) is 11.5. The molecule has 0 radical (unpaired) electrons. The van der Waals surface area contributed by atoms with E-state index in [9.17, 15) is 4.79 Å². The number of carbonyl (C=O) groups excluding carboxylic acids is 1. The molecule has 0 aliphatic carbocycles. The Morgan fingerprint density at radius 3 is 2.58 bits per heavy atom. The number of hydrogen-bond donors (Lipinski definition) is 2. The number of hydrazine groups is 1. The van der Waals surface area contributed by atoms with Gasteiger partial charge in [-0.15, -0.1) is 11.3 Å². The molecule has 122 valence electrons. The third-order valence-electron chi connectivity index (χ3n) is 3.47. The minimum absolute atomic E-state index is 0.256. The first-order valence-corrected chi connectivity index (χ1v) is 8.24. The molecule has 0 fully saturated rings. The van der Waals surface area contributed by atoms with Crippen LogP contribution in [-0.4, -0.2) is 20.9 Å². The van der Waals surface area contributed by atoms with Crippen molar-refractivity contribution in [3.63, 3.8) is 0 Å².